The summed E-state index contributed by atoms with van der Waals surface area (Å²) in [4.78, 5) is 11.7. The minimum atomic E-state index is -0.820. The van der Waals surface area contributed by atoms with Gasteiger partial charge in [-0.2, -0.15) is 5.10 Å². The standard InChI is InChI=1S/C16H21ClN4O3/c1-10-5-14(3-4-15(10)17)24-9-13(22)8-19-16(23)18-7-12-6-11(2)20-21-12/h3-6,13,22H,7-9H2,1-2H3,(H,20,21)(H2,18,19,23)/t13-/m0/s1. The summed E-state index contributed by atoms with van der Waals surface area (Å²) in [5.74, 6) is 0.620. The van der Waals surface area contributed by atoms with Crippen LogP contribution in [0.15, 0.2) is 24.3 Å². The molecular formula is C16H21ClN4O3. The molecule has 0 saturated carbocycles. The largest absolute Gasteiger partial charge is 0.491 e. The Hall–Kier alpha value is -2.25. The molecule has 7 nitrogen and oxygen atoms in total. The van der Waals surface area contributed by atoms with E-state index >= 15 is 0 Å². The molecule has 0 radical (unpaired) electrons. The molecule has 0 spiro atoms. The van der Waals surface area contributed by atoms with Gasteiger partial charge < -0.3 is 20.5 Å². The molecule has 4 N–H and O–H groups in total. The third-order valence-corrected chi connectivity index (χ3v) is 3.68. The summed E-state index contributed by atoms with van der Waals surface area (Å²) < 4.78 is 5.47. The first-order chi connectivity index (χ1) is 11.4. The lowest BCUT2D eigenvalue weighted by Gasteiger charge is -2.14. The number of halogens is 1. The first-order valence-corrected chi connectivity index (χ1v) is 7.91. The van der Waals surface area contributed by atoms with Crippen molar-refractivity contribution in [2.45, 2.75) is 26.5 Å². The topological polar surface area (TPSA) is 99.3 Å². The first-order valence-electron chi connectivity index (χ1n) is 7.53. The van der Waals surface area contributed by atoms with E-state index in [1.54, 1.807) is 18.2 Å². The number of H-pyrrole nitrogens is 1. The van der Waals surface area contributed by atoms with Crippen molar-refractivity contribution in [3.05, 3.63) is 46.2 Å². The minimum absolute atomic E-state index is 0.0694. The van der Waals surface area contributed by atoms with Crippen LogP contribution in [0.25, 0.3) is 0 Å². The van der Waals surface area contributed by atoms with Crippen LogP contribution in [0.2, 0.25) is 5.02 Å². The van der Waals surface area contributed by atoms with Gasteiger partial charge in [-0.3, -0.25) is 5.10 Å². The second kappa shape index (κ2) is 8.56. The van der Waals surface area contributed by atoms with Crippen LogP contribution in [-0.2, 0) is 6.54 Å². The number of rotatable bonds is 7. The fourth-order valence-corrected chi connectivity index (χ4v) is 2.08. The van der Waals surface area contributed by atoms with E-state index in [2.05, 4.69) is 20.8 Å². The van der Waals surface area contributed by atoms with Gasteiger partial charge in [-0.05, 0) is 43.7 Å². The van der Waals surface area contributed by atoms with E-state index in [1.165, 1.54) is 0 Å². The van der Waals surface area contributed by atoms with Gasteiger partial charge in [0.15, 0.2) is 0 Å². The van der Waals surface area contributed by atoms with Gasteiger partial charge in [0.05, 0.1) is 12.2 Å². The van der Waals surface area contributed by atoms with Gasteiger partial charge in [0.2, 0.25) is 0 Å². The predicted molar refractivity (Wildman–Crippen MR) is 91.3 cm³/mol. The Morgan fingerprint density at radius 2 is 2.17 bits per heavy atom. The zero-order valence-electron chi connectivity index (χ0n) is 13.6. The van der Waals surface area contributed by atoms with Gasteiger partial charge in [-0.15, -0.1) is 0 Å². The molecule has 0 saturated heterocycles. The molecule has 2 amide bonds. The molecule has 0 unspecified atom stereocenters. The number of aliphatic hydroxyl groups is 1. The number of nitrogens with one attached hydrogen (secondary N) is 3. The van der Waals surface area contributed by atoms with Crippen molar-refractivity contribution in [2.75, 3.05) is 13.2 Å². The zero-order chi connectivity index (χ0) is 17.5. The number of hydrogen-bond donors (Lipinski definition) is 4. The molecule has 0 bridgehead atoms. The minimum Gasteiger partial charge on any atom is -0.491 e. The van der Waals surface area contributed by atoms with Crippen LogP contribution in [0.5, 0.6) is 5.75 Å². The number of hydrogen-bond acceptors (Lipinski definition) is 4. The fraction of sp³-hybridized carbons (Fsp3) is 0.375. The molecule has 1 heterocycles. The number of carbonyl (C=O) groups is 1. The van der Waals surface area contributed by atoms with Crippen molar-refractivity contribution in [1.82, 2.24) is 20.8 Å². The number of nitrogens with zero attached hydrogens (tertiary/aromatic N) is 1. The van der Waals surface area contributed by atoms with E-state index in [-0.39, 0.29) is 19.2 Å². The second-order valence-corrected chi connectivity index (χ2v) is 5.89. The van der Waals surface area contributed by atoms with E-state index in [9.17, 15) is 9.90 Å². The monoisotopic (exact) mass is 352 g/mol. The molecule has 0 aliphatic carbocycles. The van der Waals surface area contributed by atoms with Crippen LogP contribution >= 0.6 is 11.6 Å². The van der Waals surface area contributed by atoms with Crippen molar-refractivity contribution in [1.29, 1.82) is 0 Å². The maximum Gasteiger partial charge on any atom is 0.315 e. The van der Waals surface area contributed by atoms with Gasteiger partial charge >= 0.3 is 6.03 Å². The van der Waals surface area contributed by atoms with Crippen LogP contribution in [0.3, 0.4) is 0 Å². The SMILES string of the molecule is Cc1cc(CNC(=O)NC[C@H](O)COc2ccc(Cl)c(C)c2)n[nH]1. The van der Waals surface area contributed by atoms with Crippen molar-refractivity contribution >= 4 is 17.6 Å². The number of ether oxygens (including phenoxy) is 1. The van der Waals surface area contributed by atoms with Gasteiger partial charge in [0, 0.05) is 17.3 Å². The van der Waals surface area contributed by atoms with E-state index in [0.29, 0.717) is 17.3 Å². The lowest BCUT2D eigenvalue weighted by atomic mass is 10.2. The number of carbonyl (C=O) groups excluding carboxylic acids is 1. The lowest BCUT2D eigenvalue weighted by Crippen LogP contribution is -2.41. The summed E-state index contributed by atoms with van der Waals surface area (Å²) in [6, 6.07) is 6.73. The first kappa shape index (κ1) is 18.1. The van der Waals surface area contributed by atoms with Crippen LogP contribution in [0, 0.1) is 13.8 Å². The molecule has 2 rings (SSSR count). The van der Waals surface area contributed by atoms with Crippen LogP contribution in [0.4, 0.5) is 4.79 Å². The van der Waals surface area contributed by atoms with Crippen molar-refractivity contribution in [3.8, 4) is 5.75 Å². The molecule has 0 fully saturated rings. The second-order valence-electron chi connectivity index (χ2n) is 5.48. The summed E-state index contributed by atoms with van der Waals surface area (Å²) in [6.45, 7) is 4.22. The Bertz CT molecular complexity index is 690. The van der Waals surface area contributed by atoms with Crippen molar-refractivity contribution in [2.24, 2.45) is 0 Å². The quantitative estimate of drug-likeness (QED) is 0.611. The number of aromatic amines is 1. The van der Waals surface area contributed by atoms with E-state index < -0.39 is 6.10 Å². The van der Waals surface area contributed by atoms with E-state index in [4.69, 9.17) is 16.3 Å². The smallest absolute Gasteiger partial charge is 0.315 e. The Labute approximate surface area is 145 Å². The highest BCUT2D eigenvalue weighted by Crippen LogP contribution is 2.21. The van der Waals surface area contributed by atoms with Crippen LogP contribution in [-0.4, -0.2) is 40.6 Å². The lowest BCUT2D eigenvalue weighted by molar-refractivity contribution is 0.108. The van der Waals surface area contributed by atoms with Crippen molar-refractivity contribution < 1.29 is 14.6 Å². The maximum atomic E-state index is 11.7. The average molecular weight is 353 g/mol. The van der Waals surface area contributed by atoms with Crippen LogP contribution in [0.1, 0.15) is 17.0 Å². The predicted octanol–water partition coefficient (Wildman–Crippen LogP) is 1.92. The third kappa shape index (κ3) is 5.75. The van der Waals surface area contributed by atoms with Gasteiger partial charge in [-0.25, -0.2) is 4.79 Å². The average Bonchev–Trinajstić information content (AvgIpc) is 2.97. The molecule has 2 aromatic rings. The molecule has 1 aromatic carbocycles. The Kier molecular flexibility index (Phi) is 6.45. The highest BCUT2D eigenvalue weighted by atomic mass is 35.5. The van der Waals surface area contributed by atoms with Crippen molar-refractivity contribution in [3.63, 3.8) is 0 Å². The normalized spacial score (nSPS) is 11.8. The Balaban J connectivity index is 1.65. The number of aliphatic hydroxyl groups excluding tert-OH is 1. The summed E-state index contributed by atoms with van der Waals surface area (Å²) in [5, 5.41) is 22.6. The number of urea groups is 1. The number of benzene rings is 1. The molecule has 24 heavy (non-hydrogen) atoms. The Morgan fingerprint density at radius 3 is 2.83 bits per heavy atom. The fourth-order valence-electron chi connectivity index (χ4n) is 1.97. The number of aromatic nitrogens is 2. The summed E-state index contributed by atoms with van der Waals surface area (Å²) in [5.41, 5.74) is 2.57. The third-order valence-electron chi connectivity index (χ3n) is 3.26. The summed E-state index contributed by atoms with van der Waals surface area (Å²) in [6.07, 6.45) is -0.820. The summed E-state index contributed by atoms with van der Waals surface area (Å²) >= 11 is 5.94. The van der Waals surface area contributed by atoms with E-state index in [1.807, 2.05) is 19.9 Å². The Morgan fingerprint density at radius 1 is 1.38 bits per heavy atom. The molecule has 0 aliphatic rings. The van der Waals surface area contributed by atoms with Gasteiger partial charge in [0.25, 0.3) is 0 Å². The summed E-state index contributed by atoms with van der Waals surface area (Å²) in [7, 11) is 0. The highest BCUT2D eigenvalue weighted by molar-refractivity contribution is 6.31. The van der Waals surface area contributed by atoms with Gasteiger partial charge in [-0.1, -0.05) is 11.6 Å². The molecule has 1 aromatic heterocycles. The molecule has 1 atom stereocenters. The molecule has 0 aliphatic heterocycles. The number of amides is 2. The van der Waals surface area contributed by atoms with Crippen LogP contribution < -0.4 is 15.4 Å². The molecule has 130 valence electrons. The van der Waals surface area contributed by atoms with E-state index in [0.717, 1.165) is 17.0 Å². The maximum absolute atomic E-state index is 11.7. The zero-order valence-corrected chi connectivity index (χ0v) is 14.4. The highest BCUT2D eigenvalue weighted by Gasteiger charge is 2.09. The van der Waals surface area contributed by atoms with Gasteiger partial charge in [0.1, 0.15) is 18.5 Å². The molecule has 8 heteroatoms. The number of aryl methyl sites for hydroxylation is 2. The molecular weight excluding hydrogens is 332 g/mol.